The van der Waals surface area contributed by atoms with Gasteiger partial charge in [-0.15, -0.1) is 0 Å². The van der Waals surface area contributed by atoms with E-state index < -0.39 is 18.2 Å². The standard InChI is InChI=1S/C36H38N2O6/c1-24(22-25-14-16-28(42-3)17-15-25)37-31-20-18-29-30(34(31)39)19-21-32(43-23-26-10-6-4-7-11-26)33(29)38(2)36(41)44-35(40)27-12-8-5-9-13-27/h4-17,19,21,24,31,34,37,39H,18,20,22-23H2,1-3H3/t24?,31-,34-/m0/s1. The number of fused-ring (bicyclic) bond motifs is 1. The first-order chi connectivity index (χ1) is 21.3. The fourth-order valence-electron chi connectivity index (χ4n) is 5.65. The molecule has 0 saturated heterocycles. The Morgan fingerprint density at radius 2 is 1.61 bits per heavy atom. The van der Waals surface area contributed by atoms with E-state index in [9.17, 15) is 14.7 Å². The molecular formula is C36H38N2O6. The van der Waals surface area contributed by atoms with Gasteiger partial charge in [0.2, 0.25) is 0 Å². The number of hydrogen-bond acceptors (Lipinski definition) is 7. The molecule has 0 heterocycles. The van der Waals surface area contributed by atoms with Gasteiger partial charge in [0.25, 0.3) is 0 Å². The van der Waals surface area contributed by atoms with Gasteiger partial charge in [0.15, 0.2) is 0 Å². The molecule has 0 radical (unpaired) electrons. The average molecular weight is 595 g/mol. The molecule has 4 aromatic carbocycles. The van der Waals surface area contributed by atoms with Crippen LogP contribution in [-0.4, -0.2) is 43.4 Å². The van der Waals surface area contributed by atoms with Gasteiger partial charge in [-0.2, -0.15) is 0 Å². The Kier molecular flexibility index (Phi) is 9.94. The quantitative estimate of drug-likeness (QED) is 0.165. The average Bonchev–Trinajstić information content (AvgIpc) is 3.05. The molecule has 1 amide bonds. The topological polar surface area (TPSA) is 97.3 Å². The van der Waals surface area contributed by atoms with E-state index in [4.69, 9.17) is 14.2 Å². The van der Waals surface area contributed by atoms with Crippen LogP contribution in [-0.2, 0) is 24.2 Å². The minimum atomic E-state index is -0.834. The summed E-state index contributed by atoms with van der Waals surface area (Å²) in [5.74, 6) is 0.537. The van der Waals surface area contributed by atoms with Crippen LogP contribution >= 0.6 is 0 Å². The van der Waals surface area contributed by atoms with Crippen molar-refractivity contribution >= 4 is 17.7 Å². The van der Waals surface area contributed by atoms with Crippen LogP contribution in [0.2, 0.25) is 0 Å². The SMILES string of the molecule is COc1ccc(CC(C)N[C@H]2CCc3c(ccc(OCc4ccccc4)c3N(C)C(=O)OC(=O)c3ccccc3)[C@@H]2O)cc1. The number of carbonyl (C=O) groups is 2. The van der Waals surface area contributed by atoms with Crippen LogP contribution < -0.4 is 19.7 Å². The Labute approximate surface area is 258 Å². The third kappa shape index (κ3) is 7.27. The van der Waals surface area contributed by atoms with Gasteiger partial charge < -0.3 is 24.6 Å². The van der Waals surface area contributed by atoms with E-state index in [1.807, 2.05) is 60.7 Å². The Morgan fingerprint density at radius 1 is 0.932 bits per heavy atom. The Hall–Kier alpha value is -4.66. The summed E-state index contributed by atoms with van der Waals surface area (Å²) >= 11 is 0. The van der Waals surface area contributed by atoms with Gasteiger partial charge in [0, 0.05) is 19.1 Å². The number of carbonyl (C=O) groups excluding carboxylic acids is 2. The van der Waals surface area contributed by atoms with Crippen LogP contribution in [0, 0.1) is 0 Å². The fourth-order valence-corrected chi connectivity index (χ4v) is 5.65. The highest BCUT2D eigenvalue weighted by atomic mass is 16.6. The van der Waals surface area contributed by atoms with Crippen molar-refractivity contribution in [1.82, 2.24) is 5.32 Å². The molecule has 8 heteroatoms. The lowest BCUT2D eigenvalue weighted by molar-refractivity contribution is 0.0635. The van der Waals surface area contributed by atoms with Crippen LogP contribution in [0.25, 0.3) is 0 Å². The number of amides is 1. The lowest BCUT2D eigenvalue weighted by Crippen LogP contribution is -2.44. The molecule has 0 aliphatic heterocycles. The van der Waals surface area contributed by atoms with E-state index >= 15 is 0 Å². The monoisotopic (exact) mass is 594 g/mol. The normalized spacial score (nSPS) is 16.4. The zero-order chi connectivity index (χ0) is 31.1. The van der Waals surface area contributed by atoms with Crippen molar-refractivity contribution in [3.05, 3.63) is 125 Å². The van der Waals surface area contributed by atoms with Gasteiger partial charge in [-0.3, -0.25) is 4.90 Å². The molecule has 4 aromatic rings. The highest BCUT2D eigenvalue weighted by molar-refractivity contribution is 6.02. The first kappa shape index (κ1) is 30.8. The van der Waals surface area contributed by atoms with Crippen LogP contribution in [0.15, 0.2) is 97.1 Å². The summed E-state index contributed by atoms with van der Waals surface area (Å²) in [6, 6.07) is 29.6. The van der Waals surface area contributed by atoms with Crippen LogP contribution in [0.1, 0.15) is 52.1 Å². The largest absolute Gasteiger partial charge is 0.497 e. The van der Waals surface area contributed by atoms with Crippen molar-refractivity contribution in [3.8, 4) is 11.5 Å². The molecule has 228 valence electrons. The molecule has 0 bridgehead atoms. The van der Waals surface area contributed by atoms with Crippen molar-refractivity contribution < 1.29 is 28.9 Å². The maximum Gasteiger partial charge on any atom is 0.422 e. The second-order valence-corrected chi connectivity index (χ2v) is 11.0. The van der Waals surface area contributed by atoms with Crippen LogP contribution in [0.5, 0.6) is 11.5 Å². The number of benzene rings is 4. The van der Waals surface area contributed by atoms with Gasteiger partial charge in [-0.25, -0.2) is 9.59 Å². The smallest absolute Gasteiger partial charge is 0.422 e. The van der Waals surface area contributed by atoms with Crippen molar-refractivity contribution in [1.29, 1.82) is 0 Å². The molecule has 1 unspecified atom stereocenters. The predicted molar refractivity (Wildman–Crippen MR) is 169 cm³/mol. The lowest BCUT2D eigenvalue weighted by Gasteiger charge is -2.35. The van der Waals surface area contributed by atoms with E-state index in [2.05, 4.69) is 12.2 Å². The van der Waals surface area contributed by atoms with Gasteiger partial charge in [0.05, 0.1) is 24.5 Å². The molecule has 8 nitrogen and oxygen atoms in total. The van der Waals surface area contributed by atoms with Gasteiger partial charge >= 0.3 is 12.1 Å². The minimum absolute atomic E-state index is 0.110. The number of rotatable bonds is 10. The molecule has 0 spiro atoms. The number of aliphatic hydroxyl groups is 1. The molecule has 0 saturated carbocycles. The number of anilines is 1. The maximum atomic E-state index is 13.3. The Morgan fingerprint density at radius 3 is 2.30 bits per heavy atom. The number of aliphatic hydroxyl groups excluding tert-OH is 1. The zero-order valence-electron chi connectivity index (χ0n) is 25.2. The molecular weight excluding hydrogens is 556 g/mol. The van der Waals surface area contributed by atoms with E-state index in [-0.39, 0.29) is 24.3 Å². The molecule has 1 aliphatic carbocycles. The van der Waals surface area contributed by atoms with Crippen molar-refractivity contribution in [2.24, 2.45) is 0 Å². The van der Waals surface area contributed by atoms with Crippen LogP contribution in [0.4, 0.5) is 10.5 Å². The van der Waals surface area contributed by atoms with Crippen molar-refractivity contribution in [2.45, 2.75) is 51.0 Å². The molecule has 1 aliphatic rings. The summed E-state index contributed by atoms with van der Waals surface area (Å²) in [4.78, 5) is 27.3. The highest BCUT2D eigenvalue weighted by Gasteiger charge is 2.34. The molecule has 0 aromatic heterocycles. The Bertz CT molecular complexity index is 1560. The third-order valence-electron chi connectivity index (χ3n) is 7.92. The highest BCUT2D eigenvalue weighted by Crippen LogP contribution is 2.42. The fraction of sp³-hybridized carbons (Fsp3) is 0.278. The van der Waals surface area contributed by atoms with Gasteiger partial charge in [-0.1, -0.05) is 66.7 Å². The van der Waals surface area contributed by atoms with E-state index in [1.54, 1.807) is 50.6 Å². The first-order valence-corrected chi connectivity index (χ1v) is 14.8. The lowest BCUT2D eigenvalue weighted by atomic mass is 9.84. The zero-order valence-corrected chi connectivity index (χ0v) is 25.2. The second kappa shape index (κ2) is 14.2. The predicted octanol–water partition coefficient (Wildman–Crippen LogP) is 6.26. The number of nitrogens with one attached hydrogen (secondary N) is 1. The minimum Gasteiger partial charge on any atom is -0.497 e. The van der Waals surface area contributed by atoms with E-state index in [1.165, 1.54) is 10.5 Å². The first-order valence-electron chi connectivity index (χ1n) is 14.8. The van der Waals surface area contributed by atoms with E-state index in [0.29, 0.717) is 29.8 Å². The number of hydrogen-bond donors (Lipinski definition) is 2. The molecule has 0 fully saturated rings. The number of nitrogens with zero attached hydrogens (tertiary/aromatic N) is 1. The summed E-state index contributed by atoms with van der Waals surface area (Å²) in [7, 11) is 3.20. The van der Waals surface area contributed by atoms with E-state index in [0.717, 1.165) is 23.3 Å². The summed E-state index contributed by atoms with van der Waals surface area (Å²) in [6.07, 6.45) is 0.375. The molecule has 3 atom stereocenters. The van der Waals surface area contributed by atoms with Crippen LogP contribution in [0.3, 0.4) is 0 Å². The number of esters is 1. The maximum absolute atomic E-state index is 13.3. The van der Waals surface area contributed by atoms with Crippen molar-refractivity contribution in [3.63, 3.8) is 0 Å². The third-order valence-corrected chi connectivity index (χ3v) is 7.92. The molecule has 2 N–H and O–H groups in total. The second-order valence-electron chi connectivity index (χ2n) is 11.0. The summed E-state index contributed by atoms with van der Waals surface area (Å²) in [5.41, 5.74) is 4.39. The summed E-state index contributed by atoms with van der Waals surface area (Å²) < 4.78 is 16.7. The Balaban J connectivity index is 1.37. The van der Waals surface area contributed by atoms with Gasteiger partial charge in [0.1, 0.15) is 18.1 Å². The number of ether oxygens (including phenoxy) is 3. The van der Waals surface area contributed by atoms with Gasteiger partial charge in [-0.05, 0) is 78.8 Å². The molecule has 44 heavy (non-hydrogen) atoms. The summed E-state index contributed by atoms with van der Waals surface area (Å²) in [6.45, 7) is 2.39. The van der Waals surface area contributed by atoms with Crippen molar-refractivity contribution in [2.75, 3.05) is 19.1 Å². The summed E-state index contributed by atoms with van der Waals surface area (Å²) in [5, 5.41) is 15.1. The number of methoxy groups -OCH3 is 1. The molecule has 5 rings (SSSR count).